The maximum atomic E-state index is 13.0. The lowest BCUT2D eigenvalue weighted by Crippen LogP contribution is -2.49. The summed E-state index contributed by atoms with van der Waals surface area (Å²) >= 11 is 0. The van der Waals surface area contributed by atoms with Gasteiger partial charge in [0.1, 0.15) is 11.7 Å². The molecule has 3 rings (SSSR count). The number of piperazine rings is 1. The average molecular weight is 624 g/mol. The number of nitriles is 1. The van der Waals surface area contributed by atoms with Gasteiger partial charge in [-0.25, -0.2) is 14.6 Å². The van der Waals surface area contributed by atoms with Crippen molar-refractivity contribution in [2.75, 3.05) is 37.7 Å². The van der Waals surface area contributed by atoms with Gasteiger partial charge in [-0.05, 0) is 44.4 Å². The van der Waals surface area contributed by atoms with Crippen molar-refractivity contribution in [3.05, 3.63) is 47.4 Å². The number of aromatic nitrogens is 2. The van der Waals surface area contributed by atoms with Crippen LogP contribution in [0, 0.1) is 17.2 Å². The summed E-state index contributed by atoms with van der Waals surface area (Å²) in [5.41, 5.74) is 3.76. The Balaban J connectivity index is 0.000000860. The van der Waals surface area contributed by atoms with E-state index < -0.39 is 17.7 Å². The van der Waals surface area contributed by atoms with Gasteiger partial charge in [0, 0.05) is 44.8 Å². The predicted octanol–water partition coefficient (Wildman–Crippen LogP) is 3.55. The van der Waals surface area contributed by atoms with Gasteiger partial charge in [-0.3, -0.25) is 20.1 Å². The predicted molar refractivity (Wildman–Crippen MR) is 151 cm³/mol. The van der Waals surface area contributed by atoms with Gasteiger partial charge in [-0.15, -0.1) is 0 Å². The summed E-state index contributed by atoms with van der Waals surface area (Å²) in [4.78, 5) is 45.9. The van der Waals surface area contributed by atoms with E-state index in [1.807, 2.05) is 52.8 Å². The lowest BCUT2D eigenvalue weighted by molar-refractivity contribution is -0.192. The van der Waals surface area contributed by atoms with Crippen LogP contribution >= 0.6 is 0 Å². The van der Waals surface area contributed by atoms with Gasteiger partial charge in [0.2, 0.25) is 5.82 Å². The molecule has 1 aromatic carbocycles. The first-order valence-corrected chi connectivity index (χ1v) is 13.5. The van der Waals surface area contributed by atoms with E-state index in [9.17, 15) is 27.9 Å². The number of nitrogens with zero attached hydrogens (tertiary/aromatic N) is 6. The number of aliphatic carboxylic acids is 1. The second kappa shape index (κ2) is 15.2. The summed E-state index contributed by atoms with van der Waals surface area (Å²) in [5, 5.41) is 27.9. The molecule has 1 saturated heterocycles. The molecule has 1 aliphatic heterocycles. The van der Waals surface area contributed by atoms with E-state index in [0.29, 0.717) is 31.7 Å². The number of hydrogen-bond acceptors (Lipinski definition) is 10. The van der Waals surface area contributed by atoms with Gasteiger partial charge in [0.15, 0.2) is 11.6 Å². The minimum absolute atomic E-state index is 0.0655. The van der Waals surface area contributed by atoms with Crippen LogP contribution in [0.15, 0.2) is 30.5 Å². The van der Waals surface area contributed by atoms with E-state index >= 15 is 0 Å². The summed E-state index contributed by atoms with van der Waals surface area (Å²) < 4.78 is 37.2. The second-order valence-corrected chi connectivity index (χ2v) is 11.2. The zero-order valence-corrected chi connectivity index (χ0v) is 25.1. The molecule has 44 heavy (non-hydrogen) atoms. The molecule has 1 aromatic heterocycles. The molecule has 0 aliphatic carbocycles. The molecule has 1 aliphatic rings. The topological polar surface area (TPSA) is 172 Å². The molecule has 0 spiro atoms. The van der Waals surface area contributed by atoms with E-state index in [1.165, 1.54) is 5.01 Å². The smallest absolute Gasteiger partial charge is 0.490 e. The number of carbonyl (C=O) groups excluding carboxylic acids is 2. The molecule has 0 atom stereocenters. The van der Waals surface area contributed by atoms with Crippen LogP contribution in [0.3, 0.4) is 0 Å². The Labute approximate surface area is 252 Å². The first kappa shape index (κ1) is 35.5. The number of carboxylic acids is 1. The highest BCUT2D eigenvalue weighted by atomic mass is 19.4. The Kier molecular flexibility index (Phi) is 12.3. The first-order chi connectivity index (χ1) is 20.4. The van der Waals surface area contributed by atoms with Gasteiger partial charge in [0.25, 0.3) is 5.91 Å². The monoisotopic (exact) mass is 623 g/mol. The van der Waals surface area contributed by atoms with Crippen molar-refractivity contribution in [2.45, 2.75) is 52.9 Å². The number of rotatable bonds is 7. The van der Waals surface area contributed by atoms with E-state index in [-0.39, 0.29) is 35.3 Å². The first-order valence-electron chi connectivity index (χ1n) is 13.5. The van der Waals surface area contributed by atoms with Crippen molar-refractivity contribution < 1.29 is 42.5 Å². The Bertz CT molecular complexity index is 1330. The summed E-state index contributed by atoms with van der Waals surface area (Å²) in [6.45, 7) is 13.2. The van der Waals surface area contributed by atoms with E-state index in [1.54, 1.807) is 17.0 Å². The third-order valence-corrected chi connectivity index (χ3v) is 5.78. The molecule has 0 bridgehead atoms. The number of anilines is 1. The number of alkyl halides is 3. The van der Waals surface area contributed by atoms with Crippen LogP contribution in [0.1, 0.15) is 56.4 Å². The van der Waals surface area contributed by atoms with Crippen LogP contribution < -0.4 is 10.4 Å². The number of hydrogen-bond donors (Lipinski definition) is 3. The summed E-state index contributed by atoms with van der Waals surface area (Å²) in [7, 11) is 0. The molecule has 0 saturated carbocycles. The largest absolute Gasteiger partial charge is 0.503 e. The van der Waals surface area contributed by atoms with E-state index in [4.69, 9.17) is 19.9 Å². The van der Waals surface area contributed by atoms with Crippen molar-refractivity contribution in [1.82, 2.24) is 25.2 Å². The van der Waals surface area contributed by atoms with Crippen LogP contribution in [0.4, 0.5) is 23.8 Å². The summed E-state index contributed by atoms with van der Waals surface area (Å²) in [6.07, 6.45) is -4.23. The van der Waals surface area contributed by atoms with Gasteiger partial charge in [0.05, 0.1) is 6.20 Å². The number of hydrazine groups is 1. The standard InChI is InChI=1S/C26H35N7O4.C2HF3O2/c1-18(2)16-33(23-21(34)15-28-22(14-27)29-23)30-24(35)20-8-6-19(7-9-20)17-31-10-12-32(13-11-31)25(36)37-26(3,4)5;3-2(4,5)1(6)7/h6-9,15,18,34H,10-13,16-17H2,1-5H3,(H,30,35);(H,6,7). The molecule has 16 heteroatoms. The van der Waals surface area contributed by atoms with Crippen LogP contribution in [-0.2, 0) is 16.1 Å². The number of carboxylic acid groups (broad SMARTS) is 1. The molecule has 2 amide bonds. The lowest BCUT2D eigenvalue weighted by atomic mass is 10.1. The van der Waals surface area contributed by atoms with Crippen molar-refractivity contribution >= 4 is 23.8 Å². The molecule has 0 unspecified atom stereocenters. The molecule has 1 fully saturated rings. The molecule has 0 radical (unpaired) electrons. The van der Waals surface area contributed by atoms with Crippen molar-refractivity contribution in [3.8, 4) is 11.8 Å². The van der Waals surface area contributed by atoms with Crippen LogP contribution in [-0.4, -0.2) is 92.5 Å². The summed E-state index contributed by atoms with van der Waals surface area (Å²) in [5.74, 6) is -3.26. The number of carbonyl (C=O) groups is 3. The molecular weight excluding hydrogens is 587 g/mol. The van der Waals surface area contributed by atoms with Crippen LogP contribution in [0.25, 0.3) is 0 Å². The fourth-order valence-electron chi connectivity index (χ4n) is 3.79. The quantitative estimate of drug-likeness (QED) is 0.385. The number of amides is 2. The molecule has 240 valence electrons. The van der Waals surface area contributed by atoms with Crippen LogP contribution in [0.2, 0.25) is 0 Å². The fourth-order valence-corrected chi connectivity index (χ4v) is 3.79. The van der Waals surface area contributed by atoms with Gasteiger partial charge in [-0.1, -0.05) is 26.0 Å². The Hall–Kier alpha value is -4.65. The van der Waals surface area contributed by atoms with Crippen molar-refractivity contribution in [3.63, 3.8) is 0 Å². The second-order valence-electron chi connectivity index (χ2n) is 11.2. The number of nitrogens with one attached hydrogen (secondary N) is 1. The van der Waals surface area contributed by atoms with Crippen molar-refractivity contribution in [2.24, 2.45) is 5.92 Å². The normalized spacial score (nSPS) is 13.8. The Morgan fingerprint density at radius 2 is 1.68 bits per heavy atom. The highest BCUT2D eigenvalue weighted by Crippen LogP contribution is 2.23. The average Bonchev–Trinajstić information content (AvgIpc) is 2.92. The molecule has 13 nitrogen and oxygen atoms in total. The minimum Gasteiger partial charge on any atom is -0.503 e. The molecule has 3 N–H and O–H groups in total. The Morgan fingerprint density at radius 3 is 2.16 bits per heavy atom. The van der Waals surface area contributed by atoms with Gasteiger partial charge < -0.3 is 19.8 Å². The lowest BCUT2D eigenvalue weighted by Gasteiger charge is -2.35. The van der Waals surface area contributed by atoms with E-state index in [0.717, 1.165) is 24.8 Å². The number of ether oxygens (including phenoxy) is 1. The maximum Gasteiger partial charge on any atom is 0.490 e. The van der Waals surface area contributed by atoms with Gasteiger partial charge in [-0.2, -0.15) is 23.4 Å². The van der Waals surface area contributed by atoms with Crippen molar-refractivity contribution in [1.29, 1.82) is 5.26 Å². The number of benzene rings is 1. The molecule has 2 heterocycles. The highest BCUT2D eigenvalue weighted by molar-refractivity contribution is 5.95. The highest BCUT2D eigenvalue weighted by Gasteiger charge is 2.38. The third kappa shape index (κ3) is 11.6. The molecular formula is C28H36F3N7O6. The van der Waals surface area contributed by atoms with Crippen LogP contribution in [0.5, 0.6) is 5.75 Å². The minimum atomic E-state index is -5.08. The molecule has 2 aromatic rings. The third-order valence-electron chi connectivity index (χ3n) is 5.78. The zero-order valence-electron chi connectivity index (χ0n) is 25.1. The summed E-state index contributed by atoms with van der Waals surface area (Å²) in [6, 6.07) is 9.13. The SMILES string of the molecule is CC(C)CN(NC(=O)c1ccc(CN2CCN(C(=O)OC(C)(C)C)CC2)cc1)c1nc(C#N)ncc1O.O=C(O)C(F)(F)F. The fraction of sp³-hybridized carbons (Fsp3) is 0.500. The maximum absolute atomic E-state index is 13.0. The number of halogens is 3. The Morgan fingerprint density at radius 1 is 1.11 bits per heavy atom. The van der Waals surface area contributed by atoms with Gasteiger partial charge >= 0.3 is 18.2 Å². The van der Waals surface area contributed by atoms with E-state index in [2.05, 4.69) is 20.3 Å². The zero-order chi connectivity index (χ0) is 33.2. The number of aromatic hydroxyl groups is 1.